The van der Waals surface area contributed by atoms with E-state index in [2.05, 4.69) is 37.2 Å². The number of carbonyl (C=O) groups is 10. The summed E-state index contributed by atoms with van der Waals surface area (Å²) < 4.78 is 0. The number of unbranched alkanes of at least 4 members (excludes halogenated alkanes) is 1. The Morgan fingerprint density at radius 1 is 0.618 bits per heavy atom. The van der Waals surface area contributed by atoms with Gasteiger partial charge in [0.1, 0.15) is 42.0 Å². The number of phenols is 1. The molecule has 0 bridgehead atoms. The summed E-state index contributed by atoms with van der Waals surface area (Å²) >= 11 is 0. The normalized spacial score (nSPS) is 15.9. The smallest absolute Gasteiger partial charge is 0.328 e. The minimum Gasteiger partial charge on any atom is -0.508 e. The molecule has 0 aliphatic heterocycles. The number of nitrogens with two attached hydrogens (primary N) is 2. The van der Waals surface area contributed by atoms with Crippen LogP contribution in [0, 0.1) is 5.92 Å². The second kappa shape index (κ2) is 30.0. The molecular formula is C42H68N10O16. The van der Waals surface area contributed by atoms with Crippen LogP contribution in [0.1, 0.15) is 78.7 Å². The molecule has 0 saturated carbocycles. The summed E-state index contributed by atoms with van der Waals surface area (Å²) in [5.74, 6) is -11.2. The number of aromatic hydroxyl groups is 1. The predicted octanol–water partition coefficient (Wildman–Crippen LogP) is -5.33. The van der Waals surface area contributed by atoms with Crippen molar-refractivity contribution in [1.82, 2.24) is 42.5 Å². The number of amides is 8. The van der Waals surface area contributed by atoms with Gasteiger partial charge in [0, 0.05) is 12.8 Å². The molecule has 11 atom stereocenters. The van der Waals surface area contributed by atoms with Gasteiger partial charge in [-0.15, -0.1) is 0 Å². The molecule has 1 rings (SSSR count). The van der Waals surface area contributed by atoms with Gasteiger partial charge in [0.25, 0.3) is 0 Å². The van der Waals surface area contributed by atoms with Crippen LogP contribution >= 0.6 is 0 Å². The maximum atomic E-state index is 13.9. The summed E-state index contributed by atoms with van der Waals surface area (Å²) in [7, 11) is 0. The van der Waals surface area contributed by atoms with Crippen LogP contribution in [0.5, 0.6) is 5.75 Å². The molecule has 0 unspecified atom stereocenters. The molecule has 0 spiro atoms. The molecule has 0 aromatic heterocycles. The molecule has 1 aromatic carbocycles. The van der Waals surface area contributed by atoms with E-state index in [9.17, 15) is 78.6 Å². The fourth-order valence-electron chi connectivity index (χ4n) is 6.12. The Morgan fingerprint density at radius 3 is 1.68 bits per heavy atom. The van der Waals surface area contributed by atoms with Gasteiger partial charge in [-0.05, 0) is 76.6 Å². The lowest BCUT2D eigenvalue weighted by molar-refractivity contribution is -0.145. The van der Waals surface area contributed by atoms with Crippen molar-refractivity contribution in [1.29, 1.82) is 0 Å². The number of carbonyl (C=O) groups excluding carboxylic acids is 8. The lowest BCUT2D eigenvalue weighted by atomic mass is 9.99. The van der Waals surface area contributed by atoms with Crippen molar-refractivity contribution in [3.63, 3.8) is 0 Å². The van der Waals surface area contributed by atoms with Crippen molar-refractivity contribution in [2.24, 2.45) is 17.4 Å². The van der Waals surface area contributed by atoms with Crippen LogP contribution in [-0.2, 0) is 54.4 Å². The van der Waals surface area contributed by atoms with Crippen LogP contribution in [0.4, 0.5) is 0 Å². The fourth-order valence-corrected chi connectivity index (χ4v) is 6.12. The second-order valence-corrected chi connectivity index (χ2v) is 16.2. The van der Waals surface area contributed by atoms with Crippen molar-refractivity contribution < 1.29 is 78.6 Å². The van der Waals surface area contributed by atoms with E-state index in [1.807, 2.05) is 5.32 Å². The number of aliphatic carboxylic acids is 2. The van der Waals surface area contributed by atoms with Gasteiger partial charge in [0.2, 0.25) is 47.3 Å². The molecule has 382 valence electrons. The first kappa shape index (κ1) is 59.5. The van der Waals surface area contributed by atoms with E-state index in [1.54, 1.807) is 13.8 Å². The Morgan fingerprint density at radius 2 is 1.15 bits per heavy atom. The Labute approximate surface area is 392 Å². The molecule has 0 heterocycles. The number of hydrogen-bond donors (Lipinski definition) is 16. The molecule has 0 saturated heterocycles. The topological polar surface area (TPSA) is 440 Å². The van der Waals surface area contributed by atoms with Crippen LogP contribution in [-0.4, -0.2) is 170 Å². The van der Waals surface area contributed by atoms with Crippen molar-refractivity contribution in [2.75, 3.05) is 19.7 Å². The van der Waals surface area contributed by atoms with E-state index in [4.69, 9.17) is 11.5 Å². The molecule has 0 aliphatic rings. The number of aliphatic hydroxyl groups excluding tert-OH is 3. The minimum absolute atomic E-state index is 0.0137. The Kier molecular flexibility index (Phi) is 26.3. The van der Waals surface area contributed by atoms with E-state index in [1.165, 1.54) is 31.2 Å². The van der Waals surface area contributed by atoms with Gasteiger partial charge in [0.15, 0.2) is 6.04 Å². The molecule has 18 N–H and O–H groups in total. The predicted molar refractivity (Wildman–Crippen MR) is 239 cm³/mol. The fraction of sp³-hybridized carbons (Fsp3) is 0.619. The number of carboxylic acid groups (broad SMARTS) is 2. The molecule has 26 nitrogen and oxygen atoms in total. The first-order chi connectivity index (χ1) is 31.9. The number of carboxylic acids is 2. The zero-order chi connectivity index (χ0) is 51.8. The monoisotopic (exact) mass is 968 g/mol. The SMILES string of the molecule is CC[C@H](C)[C@H](N)C(=O)N[C@@H](CO)C(=O)N[C@@H](CCC(=O)O)C(=O)N[C@@H](Cc1ccc(O)cc1)C(=O)N[C@@H](C)C(=O)N[C@@H](CCCCN)C(=O)NCC(=O)N[C@H](C(=O)N[C@H](C(=O)O)[C@@H](C)O)[C@@H](C)O. The van der Waals surface area contributed by atoms with Crippen molar-refractivity contribution in [3.05, 3.63) is 29.8 Å². The first-order valence-electron chi connectivity index (χ1n) is 21.9. The summed E-state index contributed by atoms with van der Waals surface area (Å²) in [5.41, 5.74) is 11.9. The van der Waals surface area contributed by atoms with Crippen LogP contribution < -0.4 is 54.0 Å². The van der Waals surface area contributed by atoms with Gasteiger partial charge in [-0.25, -0.2) is 4.79 Å². The number of benzene rings is 1. The highest BCUT2D eigenvalue weighted by atomic mass is 16.4. The summed E-state index contributed by atoms with van der Waals surface area (Å²) in [4.78, 5) is 129. The third-order valence-electron chi connectivity index (χ3n) is 10.5. The summed E-state index contributed by atoms with van der Waals surface area (Å²) in [6.07, 6.45) is -3.32. The molecule has 68 heavy (non-hydrogen) atoms. The molecule has 0 fully saturated rings. The van der Waals surface area contributed by atoms with Gasteiger partial charge < -0.3 is 84.6 Å². The van der Waals surface area contributed by atoms with Gasteiger partial charge in [-0.3, -0.25) is 43.2 Å². The number of nitrogens with one attached hydrogen (secondary N) is 8. The van der Waals surface area contributed by atoms with E-state index in [-0.39, 0.29) is 31.1 Å². The maximum absolute atomic E-state index is 13.9. The van der Waals surface area contributed by atoms with E-state index >= 15 is 0 Å². The molecule has 0 aliphatic carbocycles. The van der Waals surface area contributed by atoms with Gasteiger partial charge in [-0.2, -0.15) is 0 Å². The minimum atomic E-state index is -1.77. The quantitative estimate of drug-likeness (QED) is 0.0309. The van der Waals surface area contributed by atoms with Gasteiger partial charge in [0.05, 0.1) is 31.4 Å². The van der Waals surface area contributed by atoms with Gasteiger partial charge >= 0.3 is 11.9 Å². The van der Waals surface area contributed by atoms with Crippen LogP contribution in [0.2, 0.25) is 0 Å². The van der Waals surface area contributed by atoms with Crippen molar-refractivity contribution in [3.8, 4) is 5.75 Å². The largest absolute Gasteiger partial charge is 0.508 e. The number of aliphatic hydroxyl groups is 3. The van der Waals surface area contributed by atoms with Crippen LogP contribution in [0.25, 0.3) is 0 Å². The lowest BCUT2D eigenvalue weighted by Gasteiger charge is -2.27. The number of phenolic OH excluding ortho intramolecular Hbond substituents is 1. The average Bonchev–Trinajstić information content (AvgIpc) is 3.28. The lowest BCUT2D eigenvalue weighted by Crippen LogP contribution is -2.60. The molecule has 1 aromatic rings. The Balaban J connectivity index is 3.27. The second-order valence-electron chi connectivity index (χ2n) is 16.2. The average molecular weight is 969 g/mol. The van der Waals surface area contributed by atoms with E-state index in [0.29, 0.717) is 24.8 Å². The summed E-state index contributed by atoms with van der Waals surface area (Å²) in [6.45, 7) is 5.45. The Hall–Kier alpha value is -6.48. The number of hydrogen-bond acceptors (Lipinski definition) is 16. The molecule has 8 amide bonds. The zero-order valence-electron chi connectivity index (χ0n) is 38.7. The molecular weight excluding hydrogens is 901 g/mol. The zero-order valence-corrected chi connectivity index (χ0v) is 38.7. The van der Waals surface area contributed by atoms with E-state index in [0.717, 1.165) is 13.8 Å². The summed E-state index contributed by atoms with van der Waals surface area (Å²) in [6, 6.07) is -6.62. The van der Waals surface area contributed by atoms with Crippen LogP contribution in [0.3, 0.4) is 0 Å². The highest BCUT2D eigenvalue weighted by Crippen LogP contribution is 2.13. The molecule has 0 radical (unpaired) electrons. The highest BCUT2D eigenvalue weighted by molar-refractivity contribution is 5.97. The van der Waals surface area contributed by atoms with Gasteiger partial charge in [-0.1, -0.05) is 32.4 Å². The summed E-state index contributed by atoms with van der Waals surface area (Å²) in [5, 5.41) is 76.6. The third-order valence-corrected chi connectivity index (χ3v) is 10.5. The van der Waals surface area contributed by atoms with E-state index < -0.39 is 146 Å². The Bertz CT molecular complexity index is 1890. The van der Waals surface area contributed by atoms with Crippen molar-refractivity contribution >= 4 is 59.2 Å². The molecule has 26 heteroatoms. The van der Waals surface area contributed by atoms with Crippen molar-refractivity contribution in [2.45, 2.75) is 140 Å². The first-order valence-corrected chi connectivity index (χ1v) is 21.9. The van der Waals surface area contributed by atoms with Crippen LogP contribution in [0.15, 0.2) is 24.3 Å². The standard InChI is InChI=1S/C42H68N10O16/c1-6-20(2)32(44)40(65)50-29(19-53)39(64)48-27(14-15-31(58)59)37(62)49-28(17-24-10-12-25(56)13-11-24)38(63)46-21(3)35(60)47-26(9-7-8-16-43)36(61)45-18-30(57)51-33(22(4)54)41(66)52-34(23(5)55)42(67)68/h10-13,20-23,26-29,32-34,53-56H,6-9,14-19,43-44H2,1-5H3,(H,45,61)(H,46,63)(H,47,60)(H,48,64)(H,49,62)(H,50,65)(H,51,57)(H,52,66)(H,58,59)(H,67,68)/t20-,21-,22+,23+,26-,27-,28-,29-,32-,33-,34-/m0/s1. The maximum Gasteiger partial charge on any atom is 0.328 e. The number of rotatable bonds is 31. The highest BCUT2D eigenvalue weighted by Gasteiger charge is 2.34. The third kappa shape index (κ3) is 21.0.